The van der Waals surface area contributed by atoms with E-state index in [1.54, 1.807) is 0 Å². The Morgan fingerprint density at radius 2 is 1.83 bits per heavy atom. The molecule has 2 rings (SSSR count). The van der Waals surface area contributed by atoms with E-state index in [9.17, 15) is 0 Å². The van der Waals surface area contributed by atoms with Crippen LogP contribution in [0.4, 0.5) is 0 Å². The number of ether oxygens (including phenoxy) is 2. The molecule has 0 spiro atoms. The first-order valence-corrected chi connectivity index (χ1v) is 9.97. The summed E-state index contributed by atoms with van der Waals surface area (Å²) >= 11 is 3.42. The predicted octanol–water partition coefficient (Wildman–Crippen LogP) is 7.01. The molecule has 132 valence electrons. The third-order valence-corrected chi connectivity index (χ3v) is 4.57. The molecular weight excluding hydrogens is 364 g/mol. The highest BCUT2D eigenvalue weighted by molar-refractivity contribution is 9.09. The van der Waals surface area contributed by atoms with E-state index in [0.717, 1.165) is 24.3 Å². The van der Waals surface area contributed by atoms with Crippen molar-refractivity contribution in [3.05, 3.63) is 35.9 Å². The van der Waals surface area contributed by atoms with Crippen LogP contribution in [0.25, 0.3) is 10.8 Å². The first-order chi connectivity index (χ1) is 11.5. The van der Waals surface area contributed by atoms with Crippen molar-refractivity contribution < 1.29 is 9.47 Å². The van der Waals surface area contributed by atoms with E-state index in [2.05, 4.69) is 61.0 Å². The van der Waals surface area contributed by atoms with Crippen molar-refractivity contribution in [2.45, 2.75) is 70.9 Å². The molecule has 2 atom stereocenters. The summed E-state index contributed by atoms with van der Waals surface area (Å²) in [5.74, 6) is 1.89. The minimum Gasteiger partial charge on any atom is -0.490 e. The van der Waals surface area contributed by atoms with Gasteiger partial charge in [0.2, 0.25) is 0 Å². The van der Waals surface area contributed by atoms with Gasteiger partial charge in [-0.1, -0.05) is 38.8 Å². The SMILES string of the molecule is CCCCCC(CC)Oc1ccc2cc(OC(C)Br)ccc2c1C. The zero-order valence-electron chi connectivity index (χ0n) is 15.3. The Kier molecular flexibility index (Phi) is 7.41. The molecule has 0 fully saturated rings. The molecule has 0 aliphatic heterocycles. The molecule has 3 heteroatoms. The summed E-state index contributed by atoms with van der Waals surface area (Å²) in [4.78, 5) is 0. The Morgan fingerprint density at radius 1 is 1.04 bits per heavy atom. The first kappa shape index (κ1) is 19.1. The average Bonchev–Trinajstić information content (AvgIpc) is 2.55. The number of alkyl halides is 1. The lowest BCUT2D eigenvalue weighted by atomic mass is 10.0. The maximum Gasteiger partial charge on any atom is 0.150 e. The van der Waals surface area contributed by atoms with Crippen LogP contribution in [0.15, 0.2) is 30.3 Å². The van der Waals surface area contributed by atoms with Gasteiger partial charge in [-0.2, -0.15) is 0 Å². The lowest BCUT2D eigenvalue weighted by molar-refractivity contribution is 0.182. The molecule has 0 aliphatic rings. The Bertz CT molecular complexity index is 652. The van der Waals surface area contributed by atoms with E-state index in [1.165, 1.54) is 35.6 Å². The summed E-state index contributed by atoms with van der Waals surface area (Å²) < 4.78 is 12.0. The van der Waals surface area contributed by atoms with Crippen LogP contribution in [0.5, 0.6) is 11.5 Å². The van der Waals surface area contributed by atoms with Crippen LogP contribution in [0.1, 0.15) is 58.4 Å². The Hall–Kier alpha value is -1.22. The maximum absolute atomic E-state index is 6.31. The first-order valence-electron chi connectivity index (χ1n) is 9.05. The van der Waals surface area contributed by atoms with Gasteiger partial charge in [-0.15, -0.1) is 0 Å². The van der Waals surface area contributed by atoms with Crippen molar-refractivity contribution in [3.8, 4) is 11.5 Å². The maximum atomic E-state index is 6.31. The van der Waals surface area contributed by atoms with Crippen molar-refractivity contribution in [1.29, 1.82) is 0 Å². The van der Waals surface area contributed by atoms with E-state index in [4.69, 9.17) is 9.47 Å². The van der Waals surface area contributed by atoms with Crippen LogP contribution < -0.4 is 9.47 Å². The molecule has 0 bridgehead atoms. The Balaban J connectivity index is 2.18. The zero-order valence-corrected chi connectivity index (χ0v) is 16.9. The van der Waals surface area contributed by atoms with Gasteiger partial charge < -0.3 is 9.47 Å². The molecule has 0 radical (unpaired) electrons. The Labute approximate surface area is 154 Å². The second-order valence-corrected chi connectivity index (χ2v) is 7.67. The minimum absolute atomic E-state index is 0.00656. The predicted molar refractivity (Wildman–Crippen MR) is 107 cm³/mol. The van der Waals surface area contributed by atoms with Crippen molar-refractivity contribution in [2.75, 3.05) is 0 Å². The minimum atomic E-state index is 0.00656. The normalized spacial score (nSPS) is 13.7. The standard InChI is InChI=1S/C21H29BrO2/c1-5-7-8-9-18(6-2)24-21-13-10-17-14-19(23-16(4)22)11-12-20(17)15(21)3/h10-14,16,18H,5-9H2,1-4H3. The van der Waals surface area contributed by atoms with Gasteiger partial charge >= 0.3 is 0 Å². The fourth-order valence-corrected chi connectivity index (χ4v) is 3.20. The molecule has 0 saturated carbocycles. The molecule has 2 aromatic rings. The largest absolute Gasteiger partial charge is 0.490 e. The number of rotatable bonds is 9. The number of aryl methyl sites for hydroxylation is 1. The van der Waals surface area contributed by atoms with Gasteiger partial charge in [0.15, 0.2) is 5.01 Å². The van der Waals surface area contributed by atoms with Gasteiger partial charge in [-0.3, -0.25) is 0 Å². The van der Waals surface area contributed by atoms with E-state index in [0.29, 0.717) is 6.10 Å². The fourth-order valence-electron chi connectivity index (χ4n) is 2.98. The van der Waals surface area contributed by atoms with E-state index >= 15 is 0 Å². The third kappa shape index (κ3) is 5.14. The van der Waals surface area contributed by atoms with E-state index in [-0.39, 0.29) is 5.01 Å². The van der Waals surface area contributed by atoms with Gasteiger partial charge in [0.1, 0.15) is 11.5 Å². The lowest BCUT2D eigenvalue weighted by Crippen LogP contribution is -2.15. The van der Waals surface area contributed by atoms with Crippen molar-refractivity contribution >= 4 is 26.7 Å². The van der Waals surface area contributed by atoms with Crippen molar-refractivity contribution in [3.63, 3.8) is 0 Å². The summed E-state index contributed by atoms with van der Waals surface area (Å²) in [5.41, 5.74) is 1.21. The van der Waals surface area contributed by atoms with Gasteiger partial charge in [-0.05, 0) is 83.6 Å². The number of unbranched alkanes of at least 4 members (excludes halogenated alkanes) is 2. The molecule has 0 saturated heterocycles. The van der Waals surface area contributed by atoms with Gasteiger partial charge in [0.25, 0.3) is 0 Å². The molecular formula is C21H29BrO2. The molecule has 0 aromatic heterocycles. The highest BCUT2D eigenvalue weighted by Crippen LogP contribution is 2.31. The van der Waals surface area contributed by atoms with Crippen LogP contribution in [0.2, 0.25) is 0 Å². The molecule has 2 unspecified atom stereocenters. The monoisotopic (exact) mass is 392 g/mol. The molecule has 0 heterocycles. The molecule has 0 N–H and O–H groups in total. The van der Waals surface area contributed by atoms with Crippen LogP contribution in [-0.4, -0.2) is 11.1 Å². The third-order valence-electron chi connectivity index (χ3n) is 4.39. The second kappa shape index (κ2) is 9.31. The summed E-state index contributed by atoms with van der Waals surface area (Å²) in [6.07, 6.45) is 6.28. The van der Waals surface area contributed by atoms with Crippen molar-refractivity contribution in [1.82, 2.24) is 0 Å². The second-order valence-electron chi connectivity index (χ2n) is 6.38. The highest BCUT2D eigenvalue weighted by Gasteiger charge is 2.12. The van der Waals surface area contributed by atoms with Crippen LogP contribution in [-0.2, 0) is 0 Å². The van der Waals surface area contributed by atoms with Gasteiger partial charge in [-0.25, -0.2) is 0 Å². The van der Waals surface area contributed by atoms with Crippen LogP contribution in [0, 0.1) is 6.92 Å². The number of benzene rings is 2. The van der Waals surface area contributed by atoms with Crippen molar-refractivity contribution in [2.24, 2.45) is 0 Å². The van der Waals surface area contributed by atoms with E-state index < -0.39 is 0 Å². The van der Waals surface area contributed by atoms with E-state index in [1.807, 2.05) is 13.0 Å². The smallest absolute Gasteiger partial charge is 0.150 e. The topological polar surface area (TPSA) is 18.5 Å². The zero-order chi connectivity index (χ0) is 17.5. The average molecular weight is 393 g/mol. The fraction of sp³-hybridized carbons (Fsp3) is 0.524. The summed E-state index contributed by atoms with van der Waals surface area (Å²) in [7, 11) is 0. The number of halogens is 1. The highest BCUT2D eigenvalue weighted by atomic mass is 79.9. The quantitative estimate of drug-likeness (QED) is 0.337. The number of hydrogen-bond acceptors (Lipinski definition) is 2. The molecule has 2 nitrogen and oxygen atoms in total. The van der Waals surface area contributed by atoms with Crippen LogP contribution in [0.3, 0.4) is 0 Å². The molecule has 0 aliphatic carbocycles. The number of hydrogen-bond donors (Lipinski definition) is 0. The van der Waals surface area contributed by atoms with Gasteiger partial charge in [0, 0.05) is 0 Å². The summed E-state index contributed by atoms with van der Waals surface area (Å²) in [5, 5.41) is 2.42. The summed E-state index contributed by atoms with van der Waals surface area (Å²) in [6, 6.07) is 10.5. The molecule has 24 heavy (non-hydrogen) atoms. The summed E-state index contributed by atoms with van der Waals surface area (Å²) in [6.45, 7) is 8.56. The molecule has 2 aromatic carbocycles. The van der Waals surface area contributed by atoms with Gasteiger partial charge in [0.05, 0.1) is 6.10 Å². The van der Waals surface area contributed by atoms with Crippen LogP contribution >= 0.6 is 15.9 Å². The lowest BCUT2D eigenvalue weighted by Gasteiger charge is -2.20. The number of fused-ring (bicyclic) bond motifs is 1. The molecule has 0 amide bonds. The Morgan fingerprint density at radius 3 is 2.50 bits per heavy atom.